The summed E-state index contributed by atoms with van der Waals surface area (Å²) in [4.78, 5) is 15.9. The number of hydrogen-bond donors (Lipinski definition) is 1. The molecule has 1 heterocycles. The van der Waals surface area contributed by atoms with Gasteiger partial charge in [0.1, 0.15) is 0 Å². The van der Waals surface area contributed by atoms with Crippen molar-refractivity contribution in [3.8, 4) is 0 Å². The predicted molar refractivity (Wildman–Crippen MR) is 69.1 cm³/mol. The molecule has 0 saturated carbocycles. The Hall–Kier alpha value is -1.69. The lowest BCUT2D eigenvalue weighted by Crippen LogP contribution is -2.23. The van der Waals surface area contributed by atoms with Crippen molar-refractivity contribution >= 4 is 21.8 Å². The van der Waals surface area contributed by atoms with Crippen LogP contribution in [0.25, 0.3) is 0 Å². The first-order valence-electron chi connectivity index (χ1n) is 5.40. The number of rotatable bonds is 3. The first-order chi connectivity index (χ1) is 8.56. The van der Waals surface area contributed by atoms with E-state index in [-0.39, 0.29) is 12.5 Å². The molecule has 0 spiro atoms. The fraction of sp³-hybridized carbons (Fsp3) is 0.250. The monoisotopic (exact) mass is 309 g/mol. The smallest absolute Gasteiger partial charge is 0.251 e. The van der Waals surface area contributed by atoms with Crippen LogP contribution in [0.15, 0.2) is 27.2 Å². The molecule has 2 rings (SSSR count). The summed E-state index contributed by atoms with van der Waals surface area (Å²) in [6.07, 6.45) is 0. The molecular weight excluding hydrogens is 298 g/mol. The van der Waals surface area contributed by atoms with Crippen LogP contribution in [0.5, 0.6) is 0 Å². The Morgan fingerprint density at radius 2 is 2.22 bits per heavy atom. The summed E-state index contributed by atoms with van der Waals surface area (Å²) in [7, 11) is 0. The standard InChI is InChI=1S/C12H12BrN3O2/c1-7-3-4-9(5-10(7)13)12(17)14-6-11-15-8(2)18-16-11/h3-5H,6H2,1-2H3,(H,14,17). The highest BCUT2D eigenvalue weighted by molar-refractivity contribution is 9.10. The third kappa shape index (κ3) is 2.95. The lowest BCUT2D eigenvalue weighted by atomic mass is 10.1. The van der Waals surface area contributed by atoms with Crippen molar-refractivity contribution in [3.63, 3.8) is 0 Å². The number of aryl methyl sites for hydroxylation is 2. The van der Waals surface area contributed by atoms with Crippen LogP contribution in [0.3, 0.4) is 0 Å². The summed E-state index contributed by atoms with van der Waals surface area (Å²) in [6, 6.07) is 5.44. The molecule has 0 saturated heterocycles. The van der Waals surface area contributed by atoms with Crippen LogP contribution in [0.2, 0.25) is 0 Å². The van der Waals surface area contributed by atoms with Crippen molar-refractivity contribution in [3.05, 3.63) is 45.5 Å². The van der Waals surface area contributed by atoms with Gasteiger partial charge in [-0.05, 0) is 24.6 Å². The lowest BCUT2D eigenvalue weighted by molar-refractivity contribution is 0.0949. The van der Waals surface area contributed by atoms with Gasteiger partial charge < -0.3 is 9.84 Å². The van der Waals surface area contributed by atoms with Crippen LogP contribution in [0.4, 0.5) is 0 Å². The summed E-state index contributed by atoms with van der Waals surface area (Å²) in [6.45, 7) is 3.92. The molecule has 6 heteroatoms. The zero-order valence-electron chi connectivity index (χ0n) is 10.0. The number of carbonyl (C=O) groups is 1. The van der Waals surface area contributed by atoms with Crippen molar-refractivity contribution in [2.75, 3.05) is 0 Å². The fourth-order valence-corrected chi connectivity index (χ4v) is 1.79. The Bertz CT molecular complexity index is 580. The molecule has 1 amide bonds. The van der Waals surface area contributed by atoms with E-state index in [2.05, 4.69) is 31.4 Å². The van der Waals surface area contributed by atoms with Crippen LogP contribution < -0.4 is 5.32 Å². The van der Waals surface area contributed by atoms with E-state index >= 15 is 0 Å². The molecule has 0 aliphatic heterocycles. The third-order valence-electron chi connectivity index (χ3n) is 2.41. The zero-order chi connectivity index (χ0) is 13.1. The topological polar surface area (TPSA) is 68.0 Å². The van der Waals surface area contributed by atoms with Gasteiger partial charge in [-0.1, -0.05) is 27.2 Å². The number of amides is 1. The molecular formula is C12H12BrN3O2. The molecule has 1 aromatic carbocycles. The molecule has 0 unspecified atom stereocenters. The third-order valence-corrected chi connectivity index (χ3v) is 3.27. The van der Waals surface area contributed by atoms with Gasteiger partial charge in [0.15, 0.2) is 5.82 Å². The molecule has 0 aliphatic rings. The van der Waals surface area contributed by atoms with E-state index in [4.69, 9.17) is 4.52 Å². The Kier molecular flexibility index (Phi) is 3.76. The van der Waals surface area contributed by atoms with Crippen LogP contribution in [0.1, 0.15) is 27.6 Å². The number of benzene rings is 1. The second-order valence-corrected chi connectivity index (χ2v) is 4.73. The second-order valence-electron chi connectivity index (χ2n) is 3.88. The van der Waals surface area contributed by atoms with Crippen molar-refractivity contribution in [1.82, 2.24) is 15.5 Å². The summed E-state index contributed by atoms with van der Waals surface area (Å²) in [5.41, 5.74) is 1.67. The number of carbonyl (C=O) groups excluding carboxylic acids is 1. The van der Waals surface area contributed by atoms with Gasteiger partial charge in [-0.25, -0.2) is 0 Å². The van der Waals surface area contributed by atoms with E-state index < -0.39 is 0 Å². The van der Waals surface area contributed by atoms with Crippen molar-refractivity contribution in [1.29, 1.82) is 0 Å². The molecule has 0 radical (unpaired) electrons. The van der Waals surface area contributed by atoms with Crippen LogP contribution in [-0.2, 0) is 6.54 Å². The molecule has 1 aromatic heterocycles. The van der Waals surface area contributed by atoms with Gasteiger partial charge in [0.05, 0.1) is 6.54 Å². The lowest BCUT2D eigenvalue weighted by Gasteiger charge is -2.04. The summed E-state index contributed by atoms with van der Waals surface area (Å²) in [5.74, 6) is 0.780. The molecule has 2 aromatic rings. The Balaban J connectivity index is 2.01. The first-order valence-corrected chi connectivity index (χ1v) is 6.19. The molecule has 0 aliphatic carbocycles. The average Bonchev–Trinajstić information content (AvgIpc) is 2.75. The number of aromatic nitrogens is 2. The van der Waals surface area contributed by atoms with Crippen molar-refractivity contribution in [2.24, 2.45) is 0 Å². The maximum Gasteiger partial charge on any atom is 0.251 e. The average molecular weight is 310 g/mol. The summed E-state index contributed by atoms with van der Waals surface area (Å²) >= 11 is 3.39. The normalized spacial score (nSPS) is 10.4. The molecule has 0 fully saturated rings. The molecule has 0 bridgehead atoms. The van der Waals surface area contributed by atoms with E-state index in [0.717, 1.165) is 10.0 Å². The Labute approximate surface area is 113 Å². The second kappa shape index (κ2) is 5.30. The summed E-state index contributed by atoms with van der Waals surface area (Å²) < 4.78 is 5.73. The van der Waals surface area contributed by atoms with Crippen molar-refractivity contribution in [2.45, 2.75) is 20.4 Å². The Morgan fingerprint density at radius 1 is 1.44 bits per heavy atom. The Morgan fingerprint density at radius 3 is 2.83 bits per heavy atom. The maximum atomic E-state index is 11.9. The quantitative estimate of drug-likeness (QED) is 0.945. The molecule has 18 heavy (non-hydrogen) atoms. The highest BCUT2D eigenvalue weighted by atomic mass is 79.9. The largest absolute Gasteiger partial charge is 0.345 e. The first kappa shape index (κ1) is 12.8. The number of hydrogen-bond acceptors (Lipinski definition) is 4. The minimum atomic E-state index is -0.168. The van der Waals surface area contributed by atoms with E-state index in [1.54, 1.807) is 19.1 Å². The van der Waals surface area contributed by atoms with Gasteiger partial charge in [-0.2, -0.15) is 4.98 Å². The van der Waals surface area contributed by atoms with Gasteiger partial charge in [-0.3, -0.25) is 4.79 Å². The fourth-order valence-electron chi connectivity index (χ4n) is 1.41. The molecule has 5 nitrogen and oxygen atoms in total. The summed E-state index contributed by atoms with van der Waals surface area (Å²) in [5, 5.41) is 6.43. The maximum absolute atomic E-state index is 11.9. The minimum absolute atomic E-state index is 0.168. The van der Waals surface area contributed by atoms with Gasteiger partial charge in [-0.15, -0.1) is 0 Å². The molecule has 1 N–H and O–H groups in total. The zero-order valence-corrected chi connectivity index (χ0v) is 11.6. The number of halogens is 1. The van der Waals surface area contributed by atoms with Crippen LogP contribution in [-0.4, -0.2) is 16.0 Å². The van der Waals surface area contributed by atoms with E-state index in [9.17, 15) is 4.79 Å². The molecule has 94 valence electrons. The van der Waals surface area contributed by atoms with Gasteiger partial charge in [0.25, 0.3) is 5.91 Å². The number of nitrogens with one attached hydrogen (secondary N) is 1. The van der Waals surface area contributed by atoms with Crippen LogP contribution >= 0.6 is 15.9 Å². The molecule has 0 atom stereocenters. The highest BCUT2D eigenvalue weighted by Crippen LogP contribution is 2.17. The van der Waals surface area contributed by atoms with E-state index in [0.29, 0.717) is 17.3 Å². The van der Waals surface area contributed by atoms with Gasteiger partial charge in [0.2, 0.25) is 5.89 Å². The van der Waals surface area contributed by atoms with Crippen molar-refractivity contribution < 1.29 is 9.32 Å². The van der Waals surface area contributed by atoms with Gasteiger partial charge in [0, 0.05) is 17.0 Å². The van der Waals surface area contributed by atoms with Gasteiger partial charge >= 0.3 is 0 Å². The predicted octanol–water partition coefficient (Wildman–Crippen LogP) is 2.38. The minimum Gasteiger partial charge on any atom is -0.345 e. The van der Waals surface area contributed by atoms with E-state index in [1.807, 2.05) is 13.0 Å². The van der Waals surface area contributed by atoms with Crippen LogP contribution in [0, 0.1) is 13.8 Å². The van der Waals surface area contributed by atoms with E-state index in [1.165, 1.54) is 0 Å². The number of nitrogens with zero attached hydrogens (tertiary/aromatic N) is 2. The highest BCUT2D eigenvalue weighted by Gasteiger charge is 2.09. The SMILES string of the molecule is Cc1nc(CNC(=O)c2ccc(C)c(Br)c2)no1.